The van der Waals surface area contributed by atoms with Crippen molar-refractivity contribution in [1.29, 1.82) is 0 Å². The predicted molar refractivity (Wildman–Crippen MR) is 101 cm³/mol. The second kappa shape index (κ2) is 7.55. The van der Waals surface area contributed by atoms with E-state index >= 15 is 0 Å². The molecule has 1 aromatic heterocycles. The highest BCUT2D eigenvalue weighted by Crippen LogP contribution is 2.38. The standard InChI is InChI=1S/C20H19N3O4S/c24-19(21-12-18-22-20(27-23-18)15-10-11-15)16-8-4-5-9-17(16)28(25,26)13-14-6-2-1-3-7-14/h1-9,15H,10-13H2,(H,21,24). The molecule has 1 aliphatic carbocycles. The number of amides is 1. The van der Waals surface area contributed by atoms with Crippen molar-refractivity contribution in [1.82, 2.24) is 15.5 Å². The van der Waals surface area contributed by atoms with Crippen molar-refractivity contribution in [3.05, 3.63) is 77.4 Å². The maximum atomic E-state index is 12.9. The first-order chi connectivity index (χ1) is 13.5. The molecule has 1 N–H and O–H groups in total. The van der Waals surface area contributed by atoms with E-state index in [0.29, 0.717) is 23.2 Å². The number of nitrogens with zero attached hydrogens (tertiary/aromatic N) is 2. The first kappa shape index (κ1) is 18.4. The van der Waals surface area contributed by atoms with E-state index in [4.69, 9.17) is 4.52 Å². The molecule has 1 heterocycles. The number of hydrogen-bond donors (Lipinski definition) is 1. The maximum Gasteiger partial charge on any atom is 0.252 e. The van der Waals surface area contributed by atoms with E-state index in [1.165, 1.54) is 12.1 Å². The summed E-state index contributed by atoms with van der Waals surface area (Å²) in [6.45, 7) is 0.0715. The van der Waals surface area contributed by atoms with Gasteiger partial charge in [-0.1, -0.05) is 47.6 Å². The topological polar surface area (TPSA) is 102 Å². The number of carbonyl (C=O) groups is 1. The van der Waals surface area contributed by atoms with E-state index in [1.807, 2.05) is 6.07 Å². The van der Waals surface area contributed by atoms with E-state index in [0.717, 1.165) is 12.8 Å². The Labute approximate surface area is 162 Å². The van der Waals surface area contributed by atoms with Crippen LogP contribution in [0.2, 0.25) is 0 Å². The van der Waals surface area contributed by atoms with Crippen LogP contribution in [0.1, 0.15) is 46.4 Å². The average molecular weight is 397 g/mol. The zero-order chi connectivity index (χ0) is 19.6. The van der Waals surface area contributed by atoms with Crippen molar-refractivity contribution in [3.63, 3.8) is 0 Å². The zero-order valence-electron chi connectivity index (χ0n) is 15.0. The number of aromatic nitrogens is 2. The van der Waals surface area contributed by atoms with Gasteiger partial charge in [0, 0.05) is 5.92 Å². The minimum atomic E-state index is -3.68. The molecule has 0 atom stereocenters. The Bertz CT molecular complexity index is 1090. The summed E-state index contributed by atoms with van der Waals surface area (Å²) in [5, 5.41) is 6.53. The molecule has 0 spiro atoms. The number of nitrogens with one attached hydrogen (secondary N) is 1. The third-order valence-corrected chi connectivity index (χ3v) is 6.22. The van der Waals surface area contributed by atoms with Crippen LogP contribution in [0.5, 0.6) is 0 Å². The van der Waals surface area contributed by atoms with E-state index in [-0.39, 0.29) is 22.8 Å². The van der Waals surface area contributed by atoms with Gasteiger partial charge < -0.3 is 9.84 Å². The molecule has 0 bridgehead atoms. The van der Waals surface area contributed by atoms with Gasteiger partial charge in [0.05, 0.1) is 22.8 Å². The summed E-state index contributed by atoms with van der Waals surface area (Å²) < 4.78 is 30.9. The molecule has 28 heavy (non-hydrogen) atoms. The number of rotatable bonds is 7. The lowest BCUT2D eigenvalue weighted by Gasteiger charge is -2.10. The average Bonchev–Trinajstić information content (AvgIpc) is 3.45. The van der Waals surface area contributed by atoms with Gasteiger partial charge in [0.25, 0.3) is 5.91 Å². The molecule has 3 aromatic rings. The fraction of sp³-hybridized carbons (Fsp3) is 0.250. The molecule has 1 saturated carbocycles. The summed E-state index contributed by atoms with van der Waals surface area (Å²) in [6, 6.07) is 15.1. The molecule has 0 unspecified atom stereocenters. The molecule has 0 aliphatic heterocycles. The summed E-state index contributed by atoms with van der Waals surface area (Å²) in [5.41, 5.74) is 0.765. The molecule has 2 aromatic carbocycles. The number of benzene rings is 2. The van der Waals surface area contributed by atoms with Gasteiger partial charge in [0.2, 0.25) is 5.89 Å². The van der Waals surface area contributed by atoms with Crippen molar-refractivity contribution >= 4 is 15.7 Å². The predicted octanol–water partition coefficient (Wildman–Crippen LogP) is 2.85. The molecule has 0 radical (unpaired) electrons. The smallest absolute Gasteiger partial charge is 0.252 e. The summed E-state index contributed by atoms with van der Waals surface area (Å²) in [6.07, 6.45) is 2.08. The normalized spacial score (nSPS) is 14.0. The number of sulfone groups is 1. The van der Waals surface area contributed by atoms with Crippen LogP contribution in [0.15, 0.2) is 64.0 Å². The first-order valence-corrected chi connectivity index (χ1v) is 10.6. The van der Waals surface area contributed by atoms with Crippen LogP contribution in [0.25, 0.3) is 0 Å². The van der Waals surface area contributed by atoms with E-state index < -0.39 is 15.7 Å². The Hall–Kier alpha value is -3.00. The van der Waals surface area contributed by atoms with Gasteiger partial charge in [0.1, 0.15) is 0 Å². The van der Waals surface area contributed by atoms with Crippen molar-refractivity contribution in [2.45, 2.75) is 36.0 Å². The van der Waals surface area contributed by atoms with Crippen LogP contribution < -0.4 is 5.32 Å². The van der Waals surface area contributed by atoms with Crippen molar-refractivity contribution < 1.29 is 17.7 Å². The van der Waals surface area contributed by atoms with Gasteiger partial charge >= 0.3 is 0 Å². The molecule has 1 amide bonds. The van der Waals surface area contributed by atoms with Gasteiger partial charge in [0.15, 0.2) is 15.7 Å². The maximum absolute atomic E-state index is 12.9. The second-order valence-corrected chi connectivity index (χ2v) is 8.70. The Morgan fingerprint density at radius 1 is 1.07 bits per heavy atom. The lowest BCUT2D eigenvalue weighted by atomic mass is 10.2. The zero-order valence-corrected chi connectivity index (χ0v) is 15.9. The first-order valence-electron chi connectivity index (χ1n) is 8.99. The summed E-state index contributed by atoms with van der Waals surface area (Å²) >= 11 is 0. The molecule has 8 heteroatoms. The third kappa shape index (κ3) is 4.12. The van der Waals surface area contributed by atoms with Gasteiger partial charge in [-0.15, -0.1) is 0 Å². The monoisotopic (exact) mass is 397 g/mol. The fourth-order valence-corrected chi connectivity index (χ4v) is 4.46. The van der Waals surface area contributed by atoms with Gasteiger partial charge in [-0.3, -0.25) is 4.79 Å². The van der Waals surface area contributed by atoms with Gasteiger partial charge in [-0.05, 0) is 30.5 Å². The van der Waals surface area contributed by atoms with Crippen molar-refractivity contribution in [2.75, 3.05) is 0 Å². The third-order valence-electron chi connectivity index (χ3n) is 4.48. The minimum Gasteiger partial charge on any atom is -0.345 e. The summed E-state index contributed by atoms with van der Waals surface area (Å²) in [7, 11) is -3.68. The van der Waals surface area contributed by atoms with Crippen LogP contribution in [0.3, 0.4) is 0 Å². The highest BCUT2D eigenvalue weighted by atomic mass is 32.2. The fourth-order valence-electron chi connectivity index (χ4n) is 2.89. The Morgan fingerprint density at radius 3 is 2.54 bits per heavy atom. The molecule has 4 rings (SSSR count). The highest BCUT2D eigenvalue weighted by Gasteiger charge is 2.29. The minimum absolute atomic E-state index is 0.00290. The van der Waals surface area contributed by atoms with Gasteiger partial charge in [-0.2, -0.15) is 4.98 Å². The van der Waals surface area contributed by atoms with Crippen LogP contribution in [-0.2, 0) is 22.1 Å². The molecular weight excluding hydrogens is 378 g/mol. The summed E-state index contributed by atoms with van der Waals surface area (Å²) in [4.78, 5) is 16.9. The Morgan fingerprint density at radius 2 is 1.79 bits per heavy atom. The van der Waals surface area contributed by atoms with Crippen LogP contribution in [0, 0.1) is 0 Å². The lowest BCUT2D eigenvalue weighted by Crippen LogP contribution is -2.25. The van der Waals surface area contributed by atoms with Gasteiger partial charge in [-0.25, -0.2) is 8.42 Å². The lowest BCUT2D eigenvalue weighted by molar-refractivity contribution is 0.0946. The van der Waals surface area contributed by atoms with Crippen molar-refractivity contribution in [3.8, 4) is 0 Å². The number of carbonyl (C=O) groups excluding carboxylic acids is 1. The van der Waals surface area contributed by atoms with Crippen LogP contribution in [0.4, 0.5) is 0 Å². The summed E-state index contributed by atoms with van der Waals surface area (Å²) in [5.74, 6) is 0.633. The molecule has 0 saturated heterocycles. The van der Waals surface area contributed by atoms with Crippen molar-refractivity contribution in [2.24, 2.45) is 0 Å². The van der Waals surface area contributed by atoms with Crippen LogP contribution >= 0.6 is 0 Å². The quantitative estimate of drug-likeness (QED) is 0.658. The SMILES string of the molecule is O=C(NCc1noc(C2CC2)n1)c1ccccc1S(=O)(=O)Cc1ccccc1. The molecule has 1 aliphatic rings. The molecule has 144 valence electrons. The largest absolute Gasteiger partial charge is 0.345 e. The van der Waals surface area contributed by atoms with E-state index in [9.17, 15) is 13.2 Å². The molecule has 7 nitrogen and oxygen atoms in total. The Kier molecular flexibility index (Phi) is 4.95. The van der Waals surface area contributed by atoms with E-state index in [2.05, 4.69) is 15.5 Å². The van der Waals surface area contributed by atoms with Crippen LogP contribution in [-0.4, -0.2) is 24.5 Å². The Balaban J connectivity index is 1.50. The van der Waals surface area contributed by atoms with E-state index in [1.54, 1.807) is 36.4 Å². The molecule has 1 fully saturated rings. The second-order valence-electron chi connectivity index (χ2n) is 6.75. The molecular formula is C20H19N3O4S. The number of hydrogen-bond acceptors (Lipinski definition) is 6. The highest BCUT2D eigenvalue weighted by molar-refractivity contribution is 7.90.